The zero-order chi connectivity index (χ0) is 17.2. The number of hydrogen-bond acceptors (Lipinski definition) is 3. The Balaban J connectivity index is 3.35. The topological polar surface area (TPSA) is 43.4 Å². The van der Waals surface area contributed by atoms with Crippen LogP contribution in [0.4, 0.5) is 0 Å². The van der Waals surface area contributed by atoms with Crippen molar-refractivity contribution in [2.75, 3.05) is 0 Å². The molecule has 0 saturated heterocycles. The first kappa shape index (κ1) is 22.1. The largest absolute Gasteiger partial charge is 0.463 e. The lowest BCUT2D eigenvalue weighted by Gasteiger charge is -2.13. The first-order chi connectivity index (χ1) is 11.2. The Morgan fingerprint density at radius 3 is 2.09 bits per heavy atom. The summed E-state index contributed by atoms with van der Waals surface area (Å²) in [6.07, 6.45) is 17.4. The molecule has 0 N–H and O–H groups in total. The summed E-state index contributed by atoms with van der Waals surface area (Å²) in [4.78, 5) is 21.9. The van der Waals surface area contributed by atoms with Crippen LogP contribution in [0.1, 0.15) is 110 Å². The van der Waals surface area contributed by atoms with E-state index in [0.29, 0.717) is 12.8 Å². The summed E-state index contributed by atoms with van der Waals surface area (Å²) in [7, 11) is 0. The molecule has 0 bridgehead atoms. The average molecular weight is 327 g/mol. The SMILES string of the molecule is CCCCCCCCCC(C)OC(=O)CCCCCCCC=O. The first-order valence-corrected chi connectivity index (χ1v) is 9.83. The molecule has 0 aromatic rings. The fourth-order valence-electron chi connectivity index (χ4n) is 2.76. The van der Waals surface area contributed by atoms with Crippen molar-refractivity contribution in [3.8, 4) is 0 Å². The molecule has 3 heteroatoms. The monoisotopic (exact) mass is 326 g/mol. The van der Waals surface area contributed by atoms with E-state index in [9.17, 15) is 9.59 Å². The zero-order valence-electron chi connectivity index (χ0n) is 15.5. The molecule has 136 valence electrons. The average Bonchev–Trinajstić information content (AvgIpc) is 2.53. The van der Waals surface area contributed by atoms with Gasteiger partial charge in [-0.2, -0.15) is 0 Å². The number of unbranched alkanes of at least 4 members (excludes halogenated alkanes) is 11. The van der Waals surface area contributed by atoms with Gasteiger partial charge < -0.3 is 9.53 Å². The second-order valence-electron chi connectivity index (χ2n) is 6.68. The molecule has 0 heterocycles. The predicted molar refractivity (Wildman–Crippen MR) is 96.5 cm³/mol. The van der Waals surface area contributed by atoms with Crippen molar-refractivity contribution in [1.82, 2.24) is 0 Å². The second kappa shape index (κ2) is 17.5. The number of rotatable bonds is 17. The minimum absolute atomic E-state index is 0.0478. The Bertz CT molecular complexity index is 276. The van der Waals surface area contributed by atoms with Crippen LogP contribution in [0, 0.1) is 0 Å². The van der Waals surface area contributed by atoms with Gasteiger partial charge in [-0.05, 0) is 32.6 Å². The smallest absolute Gasteiger partial charge is 0.306 e. The lowest BCUT2D eigenvalue weighted by Crippen LogP contribution is -2.14. The number of carbonyl (C=O) groups is 2. The molecular formula is C20H38O3. The Morgan fingerprint density at radius 1 is 0.870 bits per heavy atom. The van der Waals surface area contributed by atoms with E-state index in [1.807, 2.05) is 6.92 Å². The molecule has 0 radical (unpaired) electrons. The van der Waals surface area contributed by atoms with Gasteiger partial charge in [-0.1, -0.05) is 64.7 Å². The van der Waals surface area contributed by atoms with Crippen molar-refractivity contribution in [3.63, 3.8) is 0 Å². The number of esters is 1. The molecule has 0 aromatic carbocycles. The van der Waals surface area contributed by atoms with E-state index in [4.69, 9.17) is 4.74 Å². The molecule has 0 aliphatic carbocycles. The highest BCUT2D eigenvalue weighted by molar-refractivity contribution is 5.69. The third-order valence-corrected chi connectivity index (χ3v) is 4.25. The summed E-state index contributed by atoms with van der Waals surface area (Å²) < 4.78 is 5.46. The van der Waals surface area contributed by atoms with E-state index in [2.05, 4.69) is 6.92 Å². The highest BCUT2D eigenvalue weighted by Gasteiger charge is 2.08. The van der Waals surface area contributed by atoms with E-state index < -0.39 is 0 Å². The summed E-state index contributed by atoms with van der Waals surface area (Å²) in [6.45, 7) is 4.25. The molecule has 0 aromatic heterocycles. The van der Waals surface area contributed by atoms with Crippen LogP contribution in [0.3, 0.4) is 0 Å². The van der Waals surface area contributed by atoms with Gasteiger partial charge in [-0.25, -0.2) is 0 Å². The first-order valence-electron chi connectivity index (χ1n) is 9.83. The lowest BCUT2D eigenvalue weighted by atomic mass is 10.1. The normalized spacial score (nSPS) is 12.1. The van der Waals surface area contributed by atoms with E-state index in [1.54, 1.807) is 0 Å². The molecule has 0 rings (SSSR count). The summed E-state index contributed by atoms with van der Waals surface area (Å²) >= 11 is 0. The fourth-order valence-corrected chi connectivity index (χ4v) is 2.76. The molecule has 0 spiro atoms. The number of ether oxygens (including phenoxy) is 1. The van der Waals surface area contributed by atoms with E-state index >= 15 is 0 Å². The lowest BCUT2D eigenvalue weighted by molar-refractivity contribution is -0.148. The van der Waals surface area contributed by atoms with Crippen LogP contribution in [0.2, 0.25) is 0 Å². The van der Waals surface area contributed by atoms with Crippen LogP contribution in [-0.2, 0) is 14.3 Å². The Hall–Kier alpha value is -0.860. The van der Waals surface area contributed by atoms with Crippen molar-refractivity contribution in [2.45, 2.75) is 116 Å². The molecule has 1 atom stereocenters. The Kier molecular flexibility index (Phi) is 16.8. The third-order valence-electron chi connectivity index (χ3n) is 4.25. The molecule has 0 amide bonds. The van der Waals surface area contributed by atoms with E-state index in [-0.39, 0.29) is 12.1 Å². The maximum absolute atomic E-state index is 11.7. The molecule has 3 nitrogen and oxygen atoms in total. The van der Waals surface area contributed by atoms with Gasteiger partial charge in [-0.15, -0.1) is 0 Å². The Morgan fingerprint density at radius 2 is 1.43 bits per heavy atom. The van der Waals surface area contributed by atoms with Crippen LogP contribution in [0.15, 0.2) is 0 Å². The number of hydrogen-bond donors (Lipinski definition) is 0. The Labute approximate surface area is 143 Å². The highest BCUT2D eigenvalue weighted by Crippen LogP contribution is 2.12. The van der Waals surface area contributed by atoms with Gasteiger partial charge in [-0.3, -0.25) is 4.79 Å². The van der Waals surface area contributed by atoms with Crippen molar-refractivity contribution in [2.24, 2.45) is 0 Å². The molecular weight excluding hydrogens is 288 g/mol. The van der Waals surface area contributed by atoms with Crippen molar-refractivity contribution >= 4 is 12.3 Å². The van der Waals surface area contributed by atoms with Gasteiger partial charge in [0.15, 0.2) is 0 Å². The summed E-state index contributed by atoms with van der Waals surface area (Å²) in [5.74, 6) is -0.0478. The number of aldehydes is 1. The molecule has 23 heavy (non-hydrogen) atoms. The van der Waals surface area contributed by atoms with Crippen molar-refractivity contribution < 1.29 is 14.3 Å². The number of carbonyl (C=O) groups excluding carboxylic acids is 2. The van der Waals surface area contributed by atoms with Gasteiger partial charge in [0.1, 0.15) is 6.29 Å². The minimum atomic E-state index is -0.0478. The maximum atomic E-state index is 11.7. The molecule has 0 fully saturated rings. The van der Waals surface area contributed by atoms with Crippen molar-refractivity contribution in [3.05, 3.63) is 0 Å². The summed E-state index contributed by atoms with van der Waals surface area (Å²) in [5, 5.41) is 0. The predicted octanol–water partition coefficient (Wildman–Crippen LogP) is 5.99. The summed E-state index contributed by atoms with van der Waals surface area (Å²) in [5.41, 5.74) is 0. The quantitative estimate of drug-likeness (QED) is 0.187. The summed E-state index contributed by atoms with van der Waals surface area (Å²) in [6, 6.07) is 0. The second-order valence-corrected chi connectivity index (χ2v) is 6.68. The molecule has 0 saturated carbocycles. The van der Waals surface area contributed by atoms with Crippen LogP contribution < -0.4 is 0 Å². The third kappa shape index (κ3) is 17.3. The van der Waals surface area contributed by atoms with Crippen molar-refractivity contribution in [1.29, 1.82) is 0 Å². The van der Waals surface area contributed by atoms with E-state index in [0.717, 1.165) is 51.2 Å². The van der Waals surface area contributed by atoms with Crippen LogP contribution >= 0.6 is 0 Å². The van der Waals surface area contributed by atoms with Gasteiger partial charge in [0.25, 0.3) is 0 Å². The maximum Gasteiger partial charge on any atom is 0.306 e. The zero-order valence-corrected chi connectivity index (χ0v) is 15.5. The van der Waals surface area contributed by atoms with Crippen LogP contribution in [0.5, 0.6) is 0 Å². The van der Waals surface area contributed by atoms with Gasteiger partial charge in [0, 0.05) is 12.8 Å². The molecule has 0 aliphatic heterocycles. The highest BCUT2D eigenvalue weighted by atomic mass is 16.5. The molecule has 1 unspecified atom stereocenters. The standard InChI is InChI=1S/C20H38O3/c1-3-4-5-6-7-10-13-16-19(2)23-20(22)17-14-11-8-9-12-15-18-21/h18-19H,3-17H2,1-2H3. The fraction of sp³-hybridized carbons (Fsp3) is 0.900. The van der Waals surface area contributed by atoms with E-state index in [1.165, 1.54) is 38.5 Å². The van der Waals surface area contributed by atoms with Gasteiger partial charge in [0.05, 0.1) is 6.10 Å². The van der Waals surface area contributed by atoms with Gasteiger partial charge in [0.2, 0.25) is 0 Å². The van der Waals surface area contributed by atoms with Crippen LogP contribution in [-0.4, -0.2) is 18.4 Å². The minimum Gasteiger partial charge on any atom is -0.463 e. The van der Waals surface area contributed by atoms with Crippen LogP contribution in [0.25, 0.3) is 0 Å². The van der Waals surface area contributed by atoms with Gasteiger partial charge >= 0.3 is 5.97 Å². The molecule has 0 aliphatic rings.